The number of halogens is 12. The van der Waals surface area contributed by atoms with Crippen molar-refractivity contribution in [3.63, 3.8) is 0 Å². The third kappa shape index (κ3) is 11.9. The van der Waals surface area contributed by atoms with E-state index in [4.69, 9.17) is 0 Å². The molecule has 2 nitrogen and oxygen atoms in total. The molecule has 0 heterocycles. The van der Waals surface area contributed by atoms with Crippen molar-refractivity contribution in [1.82, 2.24) is 0 Å². The summed E-state index contributed by atoms with van der Waals surface area (Å²) in [4.78, 5) is 0. The van der Waals surface area contributed by atoms with E-state index in [0.29, 0.717) is 61.1 Å². The second kappa shape index (κ2) is 19.5. The number of hydrogen-bond acceptors (Lipinski definition) is 2. The second-order valence-corrected chi connectivity index (χ2v) is 14.5. The predicted molar refractivity (Wildman–Crippen MR) is 201 cm³/mol. The molecule has 0 fully saturated rings. The van der Waals surface area contributed by atoms with E-state index in [0.717, 1.165) is 62.5 Å². The molecular weight excluding hydrogens is 800 g/mol. The summed E-state index contributed by atoms with van der Waals surface area (Å²) in [5.41, 5.74) is 4.51. The minimum atomic E-state index is -5.24. The highest BCUT2D eigenvalue weighted by atomic mass is 19.4. The summed E-state index contributed by atoms with van der Waals surface area (Å²) < 4.78 is 167. The molecule has 0 aromatic heterocycles. The van der Waals surface area contributed by atoms with Crippen LogP contribution in [0.5, 0.6) is 11.5 Å². The number of rotatable bonds is 13. The molecule has 0 saturated heterocycles. The van der Waals surface area contributed by atoms with Crippen LogP contribution in [0.2, 0.25) is 0 Å². The maximum Gasteiger partial charge on any atom is 0.573 e. The first-order valence-corrected chi connectivity index (χ1v) is 19.4. The van der Waals surface area contributed by atoms with Gasteiger partial charge in [-0.05, 0) is 109 Å². The van der Waals surface area contributed by atoms with E-state index in [1.54, 1.807) is 12.1 Å². The summed E-state index contributed by atoms with van der Waals surface area (Å²) in [5.74, 6) is -10.5. The molecule has 0 saturated carbocycles. The Morgan fingerprint density at radius 3 is 1.20 bits per heavy atom. The molecule has 318 valence electrons. The quantitative estimate of drug-likeness (QED) is 0.0758. The molecule has 0 unspecified atom stereocenters. The fourth-order valence-electron chi connectivity index (χ4n) is 7.29. The zero-order valence-corrected chi connectivity index (χ0v) is 32.3. The van der Waals surface area contributed by atoms with Gasteiger partial charge in [-0.15, -0.1) is 26.3 Å². The Balaban J connectivity index is 0.000000224. The van der Waals surface area contributed by atoms with Gasteiger partial charge in [0.05, 0.1) is 0 Å². The summed E-state index contributed by atoms with van der Waals surface area (Å²) in [7, 11) is 0. The summed E-state index contributed by atoms with van der Waals surface area (Å²) in [6.07, 6.45) is 5.28. The van der Waals surface area contributed by atoms with Crippen molar-refractivity contribution >= 4 is 0 Å². The van der Waals surface area contributed by atoms with Crippen molar-refractivity contribution in [2.24, 2.45) is 0 Å². The first-order valence-electron chi connectivity index (χ1n) is 19.4. The summed E-state index contributed by atoms with van der Waals surface area (Å²) in [6, 6.07) is 8.81. The minimum Gasteiger partial charge on any atom is -0.399 e. The molecule has 59 heavy (non-hydrogen) atoms. The number of fused-ring (bicyclic) bond motifs is 2. The van der Waals surface area contributed by atoms with Gasteiger partial charge in [0.1, 0.15) is 11.6 Å². The zero-order chi connectivity index (χ0) is 43.1. The first-order chi connectivity index (χ1) is 27.9. The Morgan fingerprint density at radius 2 is 0.847 bits per heavy atom. The SMILES string of the molecule is CCCCCC1=CCc2c(ccc(-c3cc(F)c(OC(F)(F)F)c(F)c3)c2F)C1.CCCCCCC1=CCc2c(ccc(-c3cc(F)c(OC(F)(F)F)c(F)c3)c2F)C1. The van der Waals surface area contributed by atoms with Crippen LogP contribution in [0.25, 0.3) is 22.3 Å². The molecule has 4 aromatic rings. The highest BCUT2D eigenvalue weighted by Crippen LogP contribution is 2.38. The Hall–Kier alpha value is -4.88. The van der Waals surface area contributed by atoms with E-state index >= 15 is 8.78 Å². The van der Waals surface area contributed by atoms with Crippen molar-refractivity contribution in [1.29, 1.82) is 0 Å². The summed E-state index contributed by atoms with van der Waals surface area (Å²) in [6.45, 7) is 4.26. The molecular formula is C45H42F12O2. The molecule has 0 spiro atoms. The Bertz CT molecular complexity index is 2140. The molecule has 0 amide bonds. The van der Waals surface area contributed by atoms with E-state index < -0.39 is 59.1 Å². The molecule has 0 radical (unpaired) electrons. The van der Waals surface area contributed by atoms with Crippen molar-refractivity contribution in [3.8, 4) is 33.8 Å². The van der Waals surface area contributed by atoms with Gasteiger partial charge in [0.2, 0.25) is 11.5 Å². The maximum atomic E-state index is 15.1. The fraction of sp³-hybridized carbons (Fsp3) is 0.378. The van der Waals surface area contributed by atoms with Gasteiger partial charge in [-0.25, -0.2) is 26.3 Å². The van der Waals surface area contributed by atoms with Gasteiger partial charge in [0.25, 0.3) is 0 Å². The van der Waals surface area contributed by atoms with Crippen LogP contribution < -0.4 is 9.47 Å². The van der Waals surface area contributed by atoms with E-state index in [1.165, 1.54) is 29.7 Å². The lowest BCUT2D eigenvalue weighted by Crippen LogP contribution is -2.19. The number of unbranched alkanes of at least 4 members (excludes halogenated alkanes) is 5. The molecule has 14 heteroatoms. The molecule has 0 bridgehead atoms. The number of hydrogen-bond donors (Lipinski definition) is 0. The molecule has 2 aliphatic carbocycles. The van der Waals surface area contributed by atoms with Crippen LogP contribution in [0.15, 0.2) is 71.8 Å². The minimum absolute atomic E-state index is 0.0649. The highest BCUT2D eigenvalue weighted by Gasteiger charge is 2.35. The van der Waals surface area contributed by atoms with Crippen LogP contribution in [0.3, 0.4) is 0 Å². The van der Waals surface area contributed by atoms with Gasteiger partial charge >= 0.3 is 12.7 Å². The monoisotopic (exact) mass is 842 g/mol. The largest absolute Gasteiger partial charge is 0.573 e. The van der Waals surface area contributed by atoms with Crippen molar-refractivity contribution in [3.05, 3.63) is 129 Å². The lowest BCUT2D eigenvalue weighted by molar-refractivity contribution is -0.277. The van der Waals surface area contributed by atoms with Crippen LogP contribution >= 0.6 is 0 Å². The fourth-order valence-corrected chi connectivity index (χ4v) is 7.29. The number of alkyl halides is 6. The van der Waals surface area contributed by atoms with Crippen LogP contribution in [-0.2, 0) is 25.7 Å². The molecule has 0 aliphatic heterocycles. The van der Waals surface area contributed by atoms with Crippen LogP contribution in [0.4, 0.5) is 52.7 Å². The normalized spacial score (nSPS) is 13.8. The predicted octanol–water partition coefficient (Wildman–Crippen LogP) is 14.9. The van der Waals surface area contributed by atoms with Gasteiger partial charge in [0, 0.05) is 11.1 Å². The van der Waals surface area contributed by atoms with Gasteiger partial charge < -0.3 is 9.47 Å². The third-order valence-corrected chi connectivity index (χ3v) is 10.2. The van der Waals surface area contributed by atoms with E-state index in [-0.39, 0.29) is 22.3 Å². The van der Waals surface area contributed by atoms with Crippen LogP contribution in [0, 0.1) is 34.9 Å². The van der Waals surface area contributed by atoms with Gasteiger partial charge in [-0.3, -0.25) is 0 Å². The number of ether oxygens (including phenoxy) is 2. The van der Waals surface area contributed by atoms with E-state index in [9.17, 15) is 43.9 Å². The van der Waals surface area contributed by atoms with E-state index in [2.05, 4.69) is 23.3 Å². The average Bonchev–Trinajstić information content (AvgIpc) is 3.16. The van der Waals surface area contributed by atoms with Crippen molar-refractivity contribution < 1.29 is 62.2 Å². The zero-order valence-electron chi connectivity index (χ0n) is 32.3. The smallest absolute Gasteiger partial charge is 0.399 e. The molecule has 0 atom stereocenters. The lowest BCUT2D eigenvalue weighted by Gasteiger charge is -2.20. The Labute approximate surface area is 334 Å². The molecule has 4 aromatic carbocycles. The summed E-state index contributed by atoms with van der Waals surface area (Å²) >= 11 is 0. The van der Waals surface area contributed by atoms with E-state index in [1.807, 2.05) is 12.2 Å². The lowest BCUT2D eigenvalue weighted by atomic mass is 9.86. The number of allylic oxidation sites excluding steroid dienone is 4. The molecule has 0 N–H and O–H groups in total. The third-order valence-electron chi connectivity index (χ3n) is 10.2. The Kier molecular flexibility index (Phi) is 14.9. The second-order valence-electron chi connectivity index (χ2n) is 14.5. The average molecular weight is 843 g/mol. The maximum absolute atomic E-state index is 15.1. The van der Waals surface area contributed by atoms with Crippen molar-refractivity contribution in [2.45, 2.75) is 110 Å². The topological polar surface area (TPSA) is 18.5 Å². The molecule has 2 aliphatic rings. The first kappa shape index (κ1) is 45.2. The van der Waals surface area contributed by atoms with Gasteiger partial charge in [-0.2, -0.15) is 0 Å². The van der Waals surface area contributed by atoms with Crippen LogP contribution in [0.1, 0.15) is 93.9 Å². The van der Waals surface area contributed by atoms with Crippen LogP contribution in [-0.4, -0.2) is 12.7 Å². The summed E-state index contributed by atoms with van der Waals surface area (Å²) in [5, 5.41) is 0. The number of benzene rings is 4. The standard InChI is InChI=1S/C23H22F6O.C22H20F6O/c1-2-3-4-5-6-14-7-9-17-15(11-14)8-10-18(21(17)26)16-12-19(24)22(20(25)13-16)30-23(27,28)29;1-2-3-4-5-13-6-8-16-14(10-13)7-9-17(20(16)25)15-11-18(23)21(19(24)12-15)29-22(26,27)28/h7-8,10,12-13H,2-6,9,11H2,1H3;6-7,9,11-12H,2-5,8,10H2,1H3. The Morgan fingerprint density at radius 1 is 0.492 bits per heavy atom. The molecule has 6 rings (SSSR count). The van der Waals surface area contributed by atoms with Gasteiger partial charge in [-0.1, -0.05) is 93.5 Å². The highest BCUT2D eigenvalue weighted by molar-refractivity contribution is 5.69. The van der Waals surface area contributed by atoms with Gasteiger partial charge in [0.15, 0.2) is 23.3 Å². The van der Waals surface area contributed by atoms with Crippen molar-refractivity contribution in [2.75, 3.05) is 0 Å².